The molecule has 4 aromatic rings. The van der Waals surface area contributed by atoms with Gasteiger partial charge in [-0.25, -0.2) is 13.8 Å². The van der Waals surface area contributed by atoms with Gasteiger partial charge in [-0.15, -0.1) is 0 Å². The van der Waals surface area contributed by atoms with E-state index in [4.69, 9.17) is 0 Å². The fraction of sp³-hybridized carbons (Fsp3) is 0.269. The number of pyridine rings is 1. The lowest BCUT2D eigenvalue weighted by molar-refractivity contribution is 0.0958. The number of carbonyl (C=O) groups is 1. The van der Waals surface area contributed by atoms with E-state index in [1.165, 1.54) is 0 Å². The second kappa shape index (κ2) is 8.85. The van der Waals surface area contributed by atoms with Crippen molar-refractivity contribution in [1.29, 1.82) is 0 Å². The number of fused-ring (bicyclic) bond motifs is 2. The molecule has 3 heterocycles. The Hall–Kier alpha value is -3.81. The van der Waals surface area contributed by atoms with Crippen LogP contribution in [0.5, 0.6) is 0 Å². The Morgan fingerprint density at radius 3 is 2.76 bits per heavy atom. The normalized spacial score (nSPS) is 13.4. The van der Waals surface area contributed by atoms with Gasteiger partial charge < -0.3 is 10.2 Å². The second-order valence-corrected chi connectivity index (χ2v) is 8.34. The molecule has 0 atom stereocenters. The van der Waals surface area contributed by atoms with Gasteiger partial charge in [0.05, 0.1) is 6.20 Å². The zero-order chi connectivity index (χ0) is 23.8. The van der Waals surface area contributed by atoms with Crippen LogP contribution < -0.4 is 10.2 Å². The van der Waals surface area contributed by atoms with Crippen LogP contribution in [0.15, 0.2) is 54.9 Å². The standard InChI is InChI=1S/C26H25F2N5O/c1-3-32-15-18(14-30-32)20-11-17-8-6-10-33(23(17)13-21(20)24(27)28)25-19-9-5-4-7-16(19)12-22(31-25)26(34)29-2/h4-5,7,9,11-15,24H,3,6,8,10H2,1-2H3,(H,29,34). The topological polar surface area (TPSA) is 63.1 Å². The number of hydrogen-bond donors (Lipinski definition) is 1. The number of benzene rings is 2. The molecular weight excluding hydrogens is 436 g/mol. The van der Waals surface area contributed by atoms with Crippen LogP contribution in [-0.4, -0.2) is 34.3 Å². The van der Waals surface area contributed by atoms with Crippen LogP contribution in [-0.2, 0) is 13.0 Å². The van der Waals surface area contributed by atoms with Gasteiger partial charge in [0, 0.05) is 48.5 Å². The molecule has 0 bridgehead atoms. The number of nitrogens with zero attached hydrogens (tertiary/aromatic N) is 4. The maximum absolute atomic E-state index is 14.3. The Morgan fingerprint density at radius 1 is 1.21 bits per heavy atom. The minimum absolute atomic E-state index is 0.0342. The molecule has 2 aromatic heterocycles. The van der Waals surface area contributed by atoms with Gasteiger partial charge in [0.15, 0.2) is 0 Å². The van der Waals surface area contributed by atoms with Crippen molar-refractivity contribution in [3.63, 3.8) is 0 Å². The van der Waals surface area contributed by atoms with Crippen LogP contribution in [0.2, 0.25) is 0 Å². The predicted molar refractivity (Wildman–Crippen MR) is 129 cm³/mol. The molecule has 8 heteroatoms. The maximum Gasteiger partial charge on any atom is 0.269 e. The molecule has 2 aromatic carbocycles. The molecule has 0 radical (unpaired) electrons. The molecule has 0 aliphatic carbocycles. The van der Waals surface area contributed by atoms with E-state index in [0.29, 0.717) is 41.4 Å². The Morgan fingerprint density at radius 2 is 2.03 bits per heavy atom. The average molecular weight is 462 g/mol. The van der Waals surface area contributed by atoms with E-state index in [0.717, 1.165) is 29.2 Å². The first-order valence-electron chi connectivity index (χ1n) is 11.4. The Balaban J connectivity index is 1.70. The third-order valence-corrected chi connectivity index (χ3v) is 6.31. The average Bonchev–Trinajstić information content (AvgIpc) is 3.35. The number of rotatable bonds is 5. The molecule has 0 saturated carbocycles. The number of amides is 1. The molecular formula is C26H25F2N5O. The van der Waals surface area contributed by atoms with Crippen molar-refractivity contribution in [3.8, 4) is 11.1 Å². The summed E-state index contributed by atoms with van der Waals surface area (Å²) in [5, 5.41) is 8.63. The summed E-state index contributed by atoms with van der Waals surface area (Å²) in [6.45, 7) is 3.25. The third kappa shape index (κ3) is 3.79. The molecule has 0 saturated heterocycles. The summed E-state index contributed by atoms with van der Waals surface area (Å²) >= 11 is 0. The summed E-state index contributed by atoms with van der Waals surface area (Å²) in [4.78, 5) is 19.1. The molecule has 6 nitrogen and oxygen atoms in total. The lowest BCUT2D eigenvalue weighted by Gasteiger charge is -2.32. The zero-order valence-electron chi connectivity index (χ0n) is 19.1. The van der Waals surface area contributed by atoms with Gasteiger partial charge in [-0.3, -0.25) is 9.48 Å². The summed E-state index contributed by atoms with van der Waals surface area (Å²) < 4.78 is 30.2. The first-order chi connectivity index (χ1) is 16.5. The molecule has 0 spiro atoms. The predicted octanol–water partition coefficient (Wildman–Crippen LogP) is 5.50. The highest BCUT2D eigenvalue weighted by Crippen LogP contribution is 2.42. The van der Waals surface area contributed by atoms with Crippen molar-refractivity contribution in [3.05, 3.63) is 71.7 Å². The number of nitrogens with one attached hydrogen (secondary N) is 1. The van der Waals surface area contributed by atoms with Crippen LogP contribution in [0.4, 0.5) is 20.3 Å². The molecule has 5 rings (SSSR count). The number of halogens is 2. The molecule has 174 valence electrons. The van der Waals surface area contributed by atoms with Crippen molar-refractivity contribution in [2.45, 2.75) is 32.7 Å². The maximum atomic E-state index is 14.3. The van der Waals surface area contributed by atoms with Gasteiger partial charge in [0.1, 0.15) is 11.5 Å². The van der Waals surface area contributed by atoms with Gasteiger partial charge in [-0.05, 0) is 54.5 Å². The summed E-state index contributed by atoms with van der Waals surface area (Å²) in [6, 6.07) is 12.9. The Bertz CT molecular complexity index is 1380. The van der Waals surface area contributed by atoms with Crippen LogP contribution >= 0.6 is 0 Å². The van der Waals surface area contributed by atoms with Crippen molar-refractivity contribution in [2.75, 3.05) is 18.5 Å². The number of hydrogen-bond acceptors (Lipinski definition) is 4. The molecule has 1 aliphatic heterocycles. The second-order valence-electron chi connectivity index (χ2n) is 8.34. The largest absolute Gasteiger partial charge is 0.354 e. The monoisotopic (exact) mass is 461 g/mol. The summed E-state index contributed by atoms with van der Waals surface area (Å²) in [5.74, 6) is 0.310. The van der Waals surface area contributed by atoms with E-state index in [1.54, 1.807) is 36.3 Å². The van der Waals surface area contributed by atoms with E-state index >= 15 is 0 Å². The fourth-order valence-corrected chi connectivity index (χ4v) is 4.61. The van der Waals surface area contributed by atoms with Crippen LogP contribution in [0, 0.1) is 0 Å². The van der Waals surface area contributed by atoms with Crippen LogP contribution in [0.1, 0.15) is 41.4 Å². The van der Waals surface area contributed by atoms with E-state index in [9.17, 15) is 13.6 Å². The van der Waals surface area contributed by atoms with Gasteiger partial charge in [-0.2, -0.15) is 5.10 Å². The van der Waals surface area contributed by atoms with Gasteiger partial charge >= 0.3 is 0 Å². The first-order valence-corrected chi connectivity index (χ1v) is 11.4. The van der Waals surface area contributed by atoms with E-state index in [2.05, 4.69) is 15.4 Å². The molecule has 34 heavy (non-hydrogen) atoms. The van der Waals surface area contributed by atoms with E-state index in [-0.39, 0.29) is 11.5 Å². The lowest BCUT2D eigenvalue weighted by Crippen LogP contribution is -2.27. The van der Waals surface area contributed by atoms with Crippen molar-refractivity contribution in [2.24, 2.45) is 0 Å². The smallest absolute Gasteiger partial charge is 0.269 e. The molecule has 0 unspecified atom stereocenters. The number of aryl methyl sites for hydroxylation is 2. The lowest BCUT2D eigenvalue weighted by atomic mass is 9.93. The van der Waals surface area contributed by atoms with Crippen LogP contribution in [0.25, 0.3) is 21.9 Å². The Kier molecular flexibility index (Phi) is 5.73. The molecule has 0 fully saturated rings. The van der Waals surface area contributed by atoms with Crippen molar-refractivity contribution in [1.82, 2.24) is 20.1 Å². The quantitative estimate of drug-likeness (QED) is 0.426. The molecule has 1 amide bonds. The SMILES string of the molecule is CCn1cc(-c2cc3c(cc2C(F)F)N(c2nc(C(=O)NC)cc4ccccc24)CCC3)cn1. The highest BCUT2D eigenvalue weighted by Gasteiger charge is 2.27. The number of aromatic nitrogens is 3. The highest BCUT2D eigenvalue weighted by molar-refractivity contribution is 6.01. The third-order valence-electron chi connectivity index (χ3n) is 6.31. The minimum atomic E-state index is -2.64. The number of anilines is 2. The number of carbonyl (C=O) groups excluding carboxylic acids is 1. The summed E-state index contributed by atoms with van der Waals surface area (Å²) in [6.07, 6.45) is 2.41. The van der Waals surface area contributed by atoms with Gasteiger partial charge in [-0.1, -0.05) is 24.3 Å². The summed E-state index contributed by atoms with van der Waals surface area (Å²) in [5.41, 5.74) is 3.13. The molecule has 1 N–H and O–H groups in total. The van der Waals surface area contributed by atoms with Gasteiger partial charge in [0.25, 0.3) is 12.3 Å². The van der Waals surface area contributed by atoms with Crippen LogP contribution in [0.3, 0.4) is 0 Å². The Labute approximate surface area is 196 Å². The summed E-state index contributed by atoms with van der Waals surface area (Å²) in [7, 11) is 1.56. The fourth-order valence-electron chi connectivity index (χ4n) is 4.61. The van der Waals surface area contributed by atoms with E-state index < -0.39 is 6.43 Å². The molecule has 1 aliphatic rings. The zero-order valence-corrected chi connectivity index (χ0v) is 19.1. The van der Waals surface area contributed by atoms with Crippen molar-refractivity contribution < 1.29 is 13.6 Å². The van der Waals surface area contributed by atoms with Gasteiger partial charge in [0.2, 0.25) is 0 Å². The van der Waals surface area contributed by atoms with Crippen molar-refractivity contribution >= 4 is 28.2 Å². The highest BCUT2D eigenvalue weighted by atomic mass is 19.3. The number of alkyl halides is 2. The first kappa shape index (κ1) is 22.0. The minimum Gasteiger partial charge on any atom is -0.354 e. The van der Waals surface area contributed by atoms with E-state index in [1.807, 2.05) is 42.2 Å².